The molecule has 0 saturated carbocycles. The summed E-state index contributed by atoms with van der Waals surface area (Å²) < 4.78 is 8.47. The van der Waals surface area contributed by atoms with Crippen molar-refractivity contribution in [3.05, 3.63) is 64.1 Å². The number of ether oxygens (including phenoxy) is 1. The van der Waals surface area contributed by atoms with Gasteiger partial charge < -0.3 is 20.8 Å². The topological polar surface area (TPSA) is 122 Å². The Hall–Kier alpha value is -3.69. The largest absolute Gasteiger partial charge is 0.466 e. The second-order valence-corrected chi connectivity index (χ2v) is 9.12. The van der Waals surface area contributed by atoms with E-state index in [0.717, 1.165) is 33.0 Å². The van der Waals surface area contributed by atoms with Crippen molar-refractivity contribution < 1.29 is 9.53 Å². The molecule has 4 N–H and O–H groups in total. The number of halogens is 1. The lowest BCUT2D eigenvalue weighted by atomic mass is 10.1. The van der Waals surface area contributed by atoms with Crippen molar-refractivity contribution in [3.63, 3.8) is 0 Å². The Morgan fingerprint density at radius 2 is 1.85 bits per heavy atom. The predicted octanol–water partition coefficient (Wildman–Crippen LogP) is 4.68. The Morgan fingerprint density at radius 3 is 2.62 bits per heavy atom. The SMILES string of the molecule is CCOC(=O)Cc1cn(Cc2csc3ccc(Cl)cc23)c2cc(-c3nc(N)nc(N)n3)ccc12. The van der Waals surface area contributed by atoms with Gasteiger partial charge in [0.15, 0.2) is 5.82 Å². The van der Waals surface area contributed by atoms with Crippen LogP contribution in [0.4, 0.5) is 11.9 Å². The van der Waals surface area contributed by atoms with Crippen molar-refractivity contribution >= 4 is 61.8 Å². The van der Waals surface area contributed by atoms with Crippen LogP contribution in [0.25, 0.3) is 32.4 Å². The summed E-state index contributed by atoms with van der Waals surface area (Å²) in [5.74, 6) is 0.237. The summed E-state index contributed by atoms with van der Waals surface area (Å²) in [4.78, 5) is 24.6. The summed E-state index contributed by atoms with van der Waals surface area (Å²) in [6, 6.07) is 11.7. The maximum absolute atomic E-state index is 12.3. The normalized spacial score (nSPS) is 11.4. The Labute approximate surface area is 204 Å². The van der Waals surface area contributed by atoms with Crippen LogP contribution in [-0.4, -0.2) is 32.1 Å². The van der Waals surface area contributed by atoms with Gasteiger partial charge in [0.2, 0.25) is 11.9 Å². The van der Waals surface area contributed by atoms with E-state index in [2.05, 4.69) is 24.9 Å². The van der Waals surface area contributed by atoms with Crippen molar-refractivity contribution in [1.82, 2.24) is 19.5 Å². The molecule has 172 valence electrons. The van der Waals surface area contributed by atoms with Crippen LogP contribution in [0.1, 0.15) is 18.1 Å². The van der Waals surface area contributed by atoms with Gasteiger partial charge in [0.05, 0.1) is 13.0 Å². The highest BCUT2D eigenvalue weighted by molar-refractivity contribution is 7.17. The monoisotopic (exact) mass is 492 g/mol. The van der Waals surface area contributed by atoms with Crippen LogP contribution in [-0.2, 0) is 22.5 Å². The molecule has 0 fully saturated rings. The molecule has 0 atom stereocenters. The third-order valence-electron chi connectivity index (χ3n) is 5.49. The van der Waals surface area contributed by atoms with Gasteiger partial charge >= 0.3 is 5.97 Å². The van der Waals surface area contributed by atoms with Crippen molar-refractivity contribution in [1.29, 1.82) is 0 Å². The number of hydrogen-bond acceptors (Lipinski definition) is 8. The second-order valence-electron chi connectivity index (χ2n) is 7.77. The van der Waals surface area contributed by atoms with Gasteiger partial charge in [-0.3, -0.25) is 4.79 Å². The number of nitrogen functional groups attached to an aromatic ring is 2. The molecule has 0 aliphatic heterocycles. The predicted molar refractivity (Wildman–Crippen MR) is 136 cm³/mol. The smallest absolute Gasteiger partial charge is 0.310 e. The van der Waals surface area contributed by atoms with Crippen LogP contribution in [0.3, 0.4) is 0 Å². The number of hydrogen-bond donors (Lipinski definition) is 2. The Kier molecular flexibility index (Phi) is 5.80. The number of nitrogens with two attached hydrogens (primary N) is 2. The first-order chi connectivity index (χ1) is 16.4. The lowest BCUT2D eigenvalue weighted by molar-refractivity contribution is -0.142. The number of carbonyl (C=O) groups is 1. The van der Waals surface area contributed by atoms with E-state index >= 15 is 0 Å². The van der Waals surface area contributed by atoms with Gasteiger partial charge in [-0.1, -0.05) is 23.7 Å². The van der Waals surface area contributed by atoms with Crippen molar-refractivity contribution in [2.45, 2.75) is 19.9 Å². The van der Waals surface area contributed by atoms with Crippen molar-refractivity contribution in [2.24, 2.45) is 0 Å². The highest BCUT2D eigenvalue weighted by Gasteiger charge is 2.16. The van der Waals surface area contributed by atoms with E-state index < -0.39 is 0 Å². The molecule has 3 heterocycles. The molecule has 0 aliphatic rings. The Bertz CT molecular complexity index is 1520. The van der Waals surface area contributed by atoms with Crippen LogP contribution < -0.4 is 11.5 Å². The zero-order valence-electron chi connectivity index (χ0n) is 18.3. The van der Waals surface area contributed by atoms with Gasteiger partial charge in [0.25, 0.3) is 0 Å². The first-order valence-electron chi connectivity index (χ1n) is 10.6. The van der Waals surface area contributed by atoms with E-state index in [1.807, 2.05) is 42.6 Å². The van der Waals surface area contributed by atoms with Crippen LogP contribution in [0, 0.1) is 0 Å². The molecule has 3 aromatic heterocycles. The fourth-order valence-corrected chi connectivity index (χ4v) is 5.15. The van der Waals surface area contributed by atoms with E-state index in [9.17, 15) is 4.79 Å². The molecule has 0 bridgehead atoms. The lowest BCUT2D eigenvalue weighted by Crippen LogP contribution is -2.07. The van der Waals surface area contributed by atoms with Crippen LogP contribution in [0.5, 0.6) is 0 Å². The van der Waals surface area contributed by atoms with E-state index in [4.69, 9.17) is 27.8 Å². The molecule has 0 saturated heterocycles. The number of nitrogens with zero attached hydrogens (tertiary/aromatic N) is 4. The van der Waals surface area contributed by atoms with Gasteiger partial charge in [0, 0.05) is 38.9 Å². The molecule has 0 amide bonds. The second kappa shape index (κ2) is 8.92. The molecule has 34 heavy (non-hydrogen) atoms. The molecular formula is C24H21ClN6O2S. The molecule has 0 spiro atoms. The molecule has 10 heteroatoms. The summed E-state index contributed by atoms with van der Waals surface area (Å²) in [6.45, 7) is 2.74. The van der Waals surface area contributed by atoms with Crippen LogP contribution in [0.15, 0.2) is 48.0 Å². The van der Waals surface area contributed by atoms with Gasteiger partial charge in [-0.15, -0.1) is 11.3 Å². The number of aromatic nitrogens is 4. The van der Waals surface area contributed by atoms with Crippen LogP contribution >= 0.6 is 22.9 Å². The third-order valence-corrected chi connectivity index (χ3v) is 6.74. The first kappa shape index (κ1) is 22.1. The summed E-state index contributed by atoms with van der Waals surface area (Å²) >= 11 is 7.93. The molecule has 2 aromatic carbocycles. The number of carbonyl (C=O) groups excluding carboxylic acids is 1. The summed E-state index contributed by atoms with van der Waals surface area (Å²) in [5.41, 5.74) is 15.2. The molecule has 5 aromatic rings. The first-order valence-corrected chi connectivity index (χ1v) is 11.9. The van der Waals surface area contributed by atoms with Gasteiger partial charge in [0.1, 0.15) is 0 Å². The van der Waals surface area contributed by atoms with E-state index in [1.165, 1.54) is 4.70 Å². The molecule has 0 aliphatic carbocycles. The van der Waals surface area contributed by atoms with Crippen molar-refractivity contribution in [3.8, 4) is 11.4 Å². The average molecular weight is 493 g/mol. The Balaban J connectivity index is 1.63. The standard InChI is InChI=1S/C24H21ClN6O2S/c1-2-33-21(32)8-14-10-31(11-15-12-34-20-6-4-16(25)9-18(15)20)19-7-13(3-5-17(14)19)22-28-23(26)30-24(27)29-22/h3-7,9-10,12H,2,8,11H2,1H3,(H4,26,27,28,29,30). The number of benzene rings is 2. The number of esters is 1. The van der Waals surface area contributed by atoms with Gasteiger partial charge in [-0.25, -0.2) is 0 Å². The molecule has 0 unspecified atom stereocenters. The fourth-order valence-electron chi connectivity index (χ4n) is 4.04. The highest BCUT2D eigenvalue weighted by Crippen LogP contribution is 2.32. The maximum Gasteiger partial charge on any atom is 0.310 e. The number of anilines is 2. The maximum atomic E-state index is 12.3. The van der Waals surface area contributed by atoms with Crippen LogP contribution in [0.2, 0.25) is 5.02 Å². The number of rotatable bonds is 6. The van der Waals surface area contributed by atoms with E-state index in [1.54, 1.807) is 18.3 Å². The zero-order chi connectivity index (χ0) is 23.8. The molecule has 5 rings (SSSR count). The fraction of sp³-hybridized carbons (Fsp3) is 0.167. The average Bonchev–Trinajstić information content (AvgIpc) is 3.34. The number of fused-ring (bicyclic) bond motifs is 2. The minimum absolute atomic E-state index is 0.0580. The quantitative estimate of drug-likeness (QED) is 0.330. The lowest BCUT2D eigenvalue weighted by Gasteiger charge is -2.07. The molecule has 0 radical (unpaired) electrons. The summed E-state index contributed by atoms with van der Waals surface area (Å²) in [7, 11) is 0. The zero-order valence-corrected chi connectivity index (χ0v) is 19.9. The Morgan fingerprint density at radius 1 is 1.06 bits per heavy atom. The summed E-state index contributed by atoms with van der Waals surface area (Å²) in [5, 5.41) is 4.89. The minimum Gasteiger partial charge on any atom is -0.466 e. The minimum atomic E-state index is -0.267. The van der Waals surface area contributed by atoms with Gasteiger partial charge in [-0.2, -0.15) is 15.0 Å². The van der Waals surface area contributed by atoms with Crippen molar-refractivity contribution in [2.75, 3.05) is 18.1 Å². The summed E-state index contributed by atoms with van der Waals surface area (Å²) in [6.07, 6.45) is 2.17. The third kappa shape index (κ3) is 4.27. The van der Waals surface area contributed by atoms with Gasteiger partial charge in [-0.05, 0) is 53.1 Å². The molecular weight excluding hydrogens is 472 g/mol. The highest BCUT2D eigenvalue weighted by atomic mass is 35.5. The van der Waals surface area contributed by atoms with E-state index in [0.29, 0.717) is 24.0 Å². The number of thiophene rings is 1. The molecule has 8 nitrogen and oxygen atoms in total. The van der Waals surface area contributed by atoms with E-state index in [-0.39, 0.29) is 24.3 Å².